The third-order valence-corrected chi connectivity index (χ3v) is 6.54. The summed E-state index contributed by atoms with van der Waals surface area (Å²) in [5, 5.41) is 7.90. The van der Waals surface area contributed by atoms with Crippen molar-refractivity contribution in [2.24, 2.45) is 16.8 Å². The fourth-order valence-corrected chi connectivity index (χ4v) is 5.10. The molecular formula is C23H39ClIN5. The molecule has 0 saturated carbocycles. The highest BCUT2D eigenvalue weighted by molar-refractivity contribution is 14.0. The van der Waals surface area contributed by atoms with Gasteiger partial charge in [-0.05, 0) is 89.3 Å². The Morgan fingerprint density at radius 1 is 1.17 bits per heavy atom. The zero-order chi connectivity index (χ0) is 20.6. The molecule has 0 spiro atoms. The summed E-state index contributed by atoms with van der Waals surface area (Å²) < 4.78 is 0. The first kappa shape index (κ1) is 25.7. The molecule has 3 rings (SSSR count). The van der Waals surface area contributed by atoms with E-state index in [1.807, 2.05) is 6.07 Å². The highest BCUT2D eigenvalue weighted by Crippen LogP contribution is 2.35. The number of benzene rings is 1. The Balaban J connectivity index is 0.00000320. The van der Waals surface area contributed by atoms with Gasteiger partial charge in [0.05, 0.1) is 0 Å². The van der Waals surface area contributed by atoms with Crippen LogP contribution in [-0.4, -0.2) is 69.1 Å². The number of nitrogens with zero attached hydrogens (tertiary/aromatic N) is 3. The van der Waals surface area contributed by atoms with E-state index in [4.69, 9.17) is 16.6 Å². The molecule has 1 aromatic rings. The number of guanidine groups is 1. The van der Waals surface area contributed by atoms with Gasteiger partial charge in [-0.15, -0.1) is 24.0 Å². The van der Waals surface area contributed by atoms with Crippen molar-refractivity contribution in [3.63, 3.8) is 0 Å². The summed E-state index contributed by atoms with van der Waals surface area (Å²) in [5.41, 5.74) is 1.32. The van der Waals surface area contributed by atoms with Crippen molar-refractivity contribution in [1.82, 2.24) is 20.4 Å². The molecule has 2 fully saturated rings. The van der Waals surface area contributed by atoms with Crippen LogP contribution in [0.15, 0.2) is 29.3 Å². The highest BCUT2D eigenvalue weighted by Gasteiger charge is 2.30. The molecule has 0 aromatic heterocycles. The van der Waals surface area contributed by atoms with Crippen LogP contribution in [-0.2, 0) is 0 Å². The van der Waals surface area contributed by atoms with Crippen molar-refractivity contribution in [3.8, 4) is 0 Å². The Kier molecular flexibility index (Phi) is 11.2. The van der Waals surface area contributed by atoms with Crippen LogP contribution in [0.2, 0.25) is 5.02 Å². The second kappa shape index (κ2) is 13.1. The summed E-state index contributed by atoms with van der Waals surface area (Å²) in [6.45, 7) is 8.37. The minimum Gasteiger partial charge on any atom is -0.357 e. The van der Waals surface area contributed by atoms with Gasteiger partial charge in [0.15, 0.2) is 5.96 Å². The van der Waals surface area contributed by atoms with E-state index in [1.165, 1.54) is 37.8 Å². The smallest absolute Gasteiger partial charge is 0.191 e. The summed E-state index contributed by atoms with van der Waals surface area (Å²) in [4.78, 5) is 9.82. The second-order valence-corrected chi connectivity index (χ2v) is 9.19. The molecule has 3 atom stereocenters. The Morgan fingerprint density at radius 3 is 2.70 bits per heavy atom. The predicted molar refractivity (Wildman–Crippen MR) is 139 cm³/mol. The average Bonchev–Trinajstić information content (AvgIpc) is 2.70. The van der Waals surface area contributed by atoms with Crippen molar-refractivity contribution in [2.45, 2.75) is 38.6 Å². The van der Waals surface area contributed by atoms with Gasteiger partial charge in [0.25, 0.3) is 0 Å². The quantitative estimate of drug-likeness (QED) is 0.318. The largest absolute Gasteiger partial charge is 0.357 e. The molecule has 0 radical (unpaired) electrons. The molecule has 2 heterocycles. The highest BCUT2D eigenvalue weighted by atomic mass is 127. The van der Waals surface area contributed by atoms with Crippen LogP contribution >= 0.6 is 35.6 Å². The fourth-order valence-electron chi connectivity index (χ4n) is 4.90. The van der Waals surface area contributed by atoms with Gasteiger partial charge in [-0.3, -0.25) is 9.89 Å². The van der Waals surface area contributed by atoms with Gasteiger partial charge in [0.1, 0.15) is 0 Å². The number of likely N-dealkylation sites (tertiary alicyclic amines) is 2. The fraction of sp³-hybridized carbons (Fsp3) is 0.696. The maximum Gasteiger partial charge on any atom is 0.191 e. The molecule has 5 nitrogen and oxygen atoms in total. The van der Waals surface area contributed by atoms with Gasteiger partial charge < -0.3 is 15.5 Å². The molecule has 0 amide bonds. The van der Waals surface area contributed by atoms with Gasteiger partial charge in [0.2, 0.25) is 0 Å². The Hall–Kier alpha value is -0.570. The molecule has 170 valence electrons. The van der Waals surface area contributed by atoms with E-state index in [2.05, 4.69) is 59.7 Å². The standard InChI is InChI=1S/C23H38ClN5.HI/c1-4-25-23(26-15-18-8-6-12-28(2)17-18)27-16-20-10-7-13-29(3)22(20)19-9-5-11-21(24)14-19;/h5,9,11,14,18,20,22H,4,6-8,10,12-13,15-17H2,1-3H3,(H2,25,26,27);1H. The van der Waals surface area contributed by atoms with E-state index in [9.17, 15) is 0 Å². The van der Waals surface area contributed by atoms with E-state index in [0.29, 0.717) is 17.9 Å². The average molecular weight is 548 g/mol. The maximum absolute atomic E-state index is 6.29. The Labute approximate surface area is 205 Å². The van der Waals surface area contributed by atoms with Crippen LogP contribution in [0.1, 0.15) is 44.2 Å². The van der Waals surface area contributed by atoms with Gasteiger partial charge >= 0.3 is 0 Å². The van der Waals surface area contributed by atoms with Crippen LogP contribution in [0.5, 0.6) is 0 Å². The molecule has 2 aliphatic heterocycles. The molecule has 0 bridgehead atoms. The van der Waals surface area contributed by atoms with Crippen molar-refractivity contribution < 1.29 is 0 Å². The zero-order valence-corrected chi connectivity index (χ0v) is 21.8. The molecule has 7 heteroatoms. The minimum absolute atomic E-state index is 0. The monoisotopic (exact) mass is 547 g/mol. The molecule has 2 saturated heterocycles. The number of piperidine rings is 2. The van der Waals surface area contributed by atoms with E-state index in [1.54, 1.807) is 0 Å². The summed E-state index contributed by atoms with van der Waals surface area (Å²) in [7, 11) is 4.45. The van der Waals surface area contributed by atoms with Crippen molar-refractivity contribution >= 4 is 41.5 Å². The van der Waals surface area contributed by atoms with Crippen molar-refractivity contribution in [2.75, 3.05) is 53.4 Å². The number of hydrogen-bond donors (Lipinski definition) is 2. The van der Waals surface area contributed by atoms with Crippen LogP contribution in [0.25, 0.3) is 0 Å². The molecule has 0 aliphatic carbocycles. The maximum atomic E-state index is 6.29. The molecule has 3 unspecified atom stereocenters. The minimum atomic E-state index is 0. The van der Waals surface area contributed by atoms with Gasteiger partial charge in [-0.25, -0.2) is 0 Å². The van der Waals surface area contributed by atoms with Crippen molar-refractivity contribution in [1.29, 1.82) is 0 Å². The first-order valence-corrected chi connectivity index (χ1v) is 11.6. The number of halogens is 2. The molecule has 1 aromatic carbocycles. The van der Waals surface area contributed by atoms with Gasteiger partial charge in [-0.1, -0.05) is 23.7 Å². The van der Waals surface area contributed by atoms with Crippen molar-refractivity contribution in [3.05, 3.63) is 34.9 Å². The summed E-state index contributed by atoms with van der Waals surface area (Å²) in [5.74, 6) is 2.17. The molecule has 2 N–H and O–H groups in total. The SMILES string of the molecule is CCNC(=NCC1CCCN(C)C1)NCC1CCCN(C)C1c1cccc(Cl)c1.I. The van der Waals surface area contributed by atoms with Crippen LogP contribution in [0, 0.1) is 11.8 Å². The zero-order valence-electron chi connectivity index (χ0n) is 18.7. The number of hydrogen-bond acceptors (Lipinski definition) is 3. The predicted octanol–water partition coefficient (Wildman–Crippen LogP) is 4.24. The molecule has 30 heavy (non-hydrogen) atoms. The lowest BCUT2D eigenvalue weighted by Gasteiger charge is -2.40. The Morgan fingerprint density at radius 2 is 1.97 bits per heavy atom. The van der Waals surface area contributed by atoms with E-state index in [-0.39, 0.29) is 24.0 Å². The second-order valence-electron chi connectivity index (χ2n) is 8.75. The van der Waals surface area contributed by atoms with E-state index in [0.717, 1.165) is 43.7 Å². The lowest BCUT2D eigenvalue weighted by Crippen LogP contribution is -2.45. The molecule has 2 aliphatic rings. The third kappa shape index (κ3) is 7.53. The Bertz CT molecular complexity index is 671. The normalized spacial score (nSPS) is 26.1. The first-order valence-electron chi connectivity index (χ1n) is 11.2. The van der Waals surface area contributed by atoms with Crippen LogP contribution in [0.4, 0.5) is 0 Å². The third-order valence-electron chi connectivity index (χ3n) is 6.30. The number of aliphatic imine (C=N–C) groups is 1. The van der Waals surface area contributed by atoms with Crippen LogP contribution < -0.4 is 10.6 Å². The molecular weight excluding hydrogens is 509 g/mol. The number of rotatable bonds is 6. The summed E-state index contributed by atoms with van der Waals surface area (Å²) in [6.07, 6.45) is 5.04. The summed E-state index contributed by atoms with van der Waals surface area (Å²) >= 11 is 6.29. The van der Waals surface area contributed by atoms with Crippen LogP contribution in [0.3, 0.4) is 0 Å². The van der Waals surface area contributed by atoms with E-state index >= 15 is 0 Å². The first-order chi connectivity index (χ1) is 14.1. The lowest BCUT2D eigenvalue weighted by molar-refractivity contribution is 0.122. The lowest BCUT2D eigenvalue weighted by atomic mass is 9.85. The van der Waals surface area contributed by atoms with Gasteiger partial charge in [-0.2, -0.15) is 0 Å². The van der Waals surface area contributed by atoms with E-state index < -0.39 is 0 Å². The van der Waals surface area contributed by atoms with Gasteiger partial charge in [0, 0.05) is 37.2 Å². The summed E-state index contributed by atoms with van der Waals surface area (Å²) in [6, 6.07) is 8.76. The topological polar surface area (TPSA) is 42.9 Å². The number of nitrogens with one attached hydrogen (secondary N) is 2.